The maximum absolute atomic E-state index is 12.4. The predicted molar refractivity (Wildman–Crippen MR) is 70.5 cm³/mol. The Balaban J connectivity index is 2.27. The predicted octanol–water partition coefficient (Wildman–Crippen LogP) is 1.81. The van der Waals surface area contributed by atoms with Gasteiger partial charge in [-0.2, -0.15) is 0 Å². The molecule has 6 heteroatoms. The van der Waals surface area contributed by atoms with Gasteiger partial charge in [-0.15, -0.1) is 0 Å². The van der Waals surface area contributed by atoms with Crippen LogP contribution in [0.25, 0.3) is 0 Å². The second-order valence-electron chi connectivity index (χ2n) is 4.54. The molecule has 0 radical (unpaired) electrons. The summed E-state index contributed by atoms with van der Waals surface area (Å²) in [5.41, 5.74) is 0.279. The van der Waals surface area contributed by atoms with E-state index in [1.54, 1.807) is 30.3 Å². The number of Topliss-reactive ketones (excluding diaryl/α,β-unsaturated/α-hetero) is 1. The van der Waals surface area contributed by atoms with E-state index in [2.05, 4.69) is 0 Å². The highest BCUT2D eigenvalue weighted by Crippen LogP contribution is 2.44. The van der Waals surface area contributed by atoms with Crippen molar-refractivity contribution in [3.05, 3.63) is 53.6 Å². The molecule has 102 valence electrons. The molecule has 20 heavy (non-hydrogen) atoms. The zero-order valence-electron chi connectivity index (χ0n) is 10.1. The fraction of sp³-hybridized carbons (Fsp3) is 0.0714. The van der Waals surface area contributed by atoms with Crippen LogP contribution in [-0.4, -0.2) is 24.4 Å². The van der Waals surface area contributed by atoms with Crippen LogP contribution >= 0.6 is 0 Å². The fourth-order valence-corrected chi connectivity index (χ4v) is 4.27. The number of phenolic OH excluding ortho intramolecular Hbond substituents is 2. The summed E-state index contributed by atoms with van der Waals surface area (Å²) in [5.74, 6) is -1.67. The zero-order chi connectivity index (χ0) is 14.5. The van der Waals surface area contributed by atoms with Crippen LogP contribution in [0.3, 0.4) is 0 Å². The highest BCUT2D eigenvalue weighted by molar-refractivity contribution is 7.93. The van der Waals surface area contributed by atoms with Crippen molar-refractivity contribution in [2.24, 2.45) is 0 Å². The summed E-state index contributed by atoms with van der Waals surface area (Å²) in [7, 11) is -3.91. The van der Waals surface area contributed by atoms with E-state index < -0.39 is 32.4 Å². The normalized spacial score (nSPS) is 19.8. The SMILES string of the molecule is O=C1c2cc(O)c(O)cc2S(=O)(=O)[C@H]1c1ccccc1. The topological polar surface area (TPSA) is 91.7 Å². The van der Waals surface area contributed by atoms with Crippen molar-refractivity contribution in [3.8, 4) is 11.5 Å². The Labute approximate surface area is 115 Å². The molecule has 0 amide bonds. The number of fused-ring (bicyclic) bond motifs is 1. The van der Waals surface area contributed by atoms with Crippen molar-refractivity contribution in [2.75, 3.05) is 0 Å². The maximum atomic E-state index is 12.4. The van der Waals surface area contributed by atoms with Gasteiger partial charge in [-0.05, 0) is 11.6 Å². The van der Waals surface area contributed by atoms with E-state index in [0.29, 0.717) is 5.56 Å². The van der Waals surface area contributed by atoms with Crippen LogP contribution in [0.2, 0.25) is 0 Å². The molecule has 2 aromatic rings. The van der Waals surface area contributed by atoms with Crippen molar-refractivity contribution in [1.29, 1.82) is 0 Å². The maximum Gasteiger partial charge on any atom is 0.193 e. The quantitative estimate of drug-likeness (QED) is 0.781. The van der Waals surface area contributed by atoms with Gasteiger partial charge in [0.15, 0.2) is 32.4 Å². The first kappa shape index (κ1) is 12.7. The minimum absolute atomic E-state index is 0.0887. The van der Waals surface area contributed by atoms with E-state index in [4.69, 9.17) is 0 Å². The first-order chi connectivity index (χ1) is 9.43. The number of carbonyl (C=O) groups excluding carboxylic acids is 1. The lowest BCUT2D eigenvalue weighted by atomic mass is 10.0. The highest BCUT2D eigenvalue weighted by atomic mass is 32.2. The van der Waals surface area contributed by atoms with E-state index >= 15 is 0 Å². The van der Waals surface area contributed by atoms with Crippen LogP contribution in [0.1, 0.15) is 21.2 Å². The Morgan fingerprint density at radius 3 is 2.20 bits per heavy atom. The van der Waals surface area contributed by atoms with Crippen molar-refractivity contribution in [2.45, 2.75) is 10.1 Å². The van der Waals surface area contributed by atoms with Gasteiger partial charge in [0, 0.05) is 11.6 Å². The lowest BCUT2D eigenvalue weighted by Crippen LogP contribution is -2.13. The van der Waals surface area contributed by atoms with E-state index in [1.807, 2.05) is 0 Å². The van der Waals surface area contributed by atoms with E-state index in [0.717, 1.165) is 12.1 Å². The molecule has 2 aromatic carbocycles. The standard InChI is InChI=1S/C14H10O5S/c15-10-6-9-12(7-11(10)16)20(18,19)14(13(9)17)8-4-2-1-3-5-8/h1-7,14-16H/t14-/m0/s1. The monoisotopic (exact) mass is 290 g/mol. The average Bonchev–Trinajstić information content (AvgIpc) is 2.59. The van der Waals surface area contributed by atoms with E-state index in [1.165, 1.54) is 0 Å². The van der Waals surface area contributed by atoms with Gasteiger partial charge in [-0.3, -0.25) is 4.79 Å². The Morgan fingerprint density at radius 2 is 1.55 bits per heavy atom. The summed E-state index contributed by atoms with van der Waals surface area (Å²) in [4.78, 5) is 12.1. The summed E-state index contributed by atoms with van der Waals surface area (Å²) >= 11 is 0. The van der Waals surface area contributed by atoms with Crippen LogP contribution in [-0.2, 0) is 9.84 Å². The number of phenols is 2. The molecular weight excluding hydrogens is 280 g/mol. The molecule has 1 atom stereocenters. The minimum atomic E-state index is -3.91. The van der Waals surface area contributed by atoms with Crippen LogP contribution in [0.5, 0.6) is 11.5 Å². The van der Waals surface area contributed by atoms with Gasteiger partial charge in [0.25, 0.3) is 0 Å². The molecule has 0 saturated carbocycles. The molecule has 5 nitrogen and oxygen atoms in total. The number of aromatic hydroxyl groups is 2. The summed E-state index contributed by atoms with van der Waals surface area (Å²) in [6.07, 6.45) is 0. The summed E-state index contributed by atoms with van der Waals surface area (Å²) in [6, 6.07) is 10.1. The average molecular weight is 290 g/mol. The molecule has 0 fully saturated rings. The van der Waals surface area contributed by atoms with Gasteiger partial charge >= 0.3 is 0 Å². The first-order valence-corrected chi connectivity index (χ1v) is 7.36. The Bertz CT molecular complexity index is 809. The second-order valence-corrected chi connectivity index (χ2v) is 6.54. The van der Waals surface area contributed by atoms with E-state index in [9.17, 15) is 23.4 Å². The third kappa shape index (κ3) is 1.61. The lowest BCUT2D eigenvalue weighted by Gasteiger charge is -2.07. The number of hydrogen-bond acceptors (Lipinski definition) is 5. The molecular formula is C14H10O5S. The minimum Gasteiger partial charge on any atom is -0.504 e. The van der Waals surface area contributed by atoms with Gasteiger partial charge < -0.3 is 10.2 Å². The largest absolute Gasteiger partial charge is 0.504 e. The van der Waals surface area contributed by atoms with Crippen molar-refractivity contribution in [1.82, 2.24) is 0 Å². The van der Waals surface area contributed by atoms with Gasteiger partial charge in [0.1, 0.15) is 0 Å². The number of carbonyl (C=O) groups is 1. The second kappa shape index (κ2) is 4.08. The Kier molecular flexibility index (Phi) is 2.58. The van der Waals surface area contributed by atoms with Gasteiger partial charge in [-0.25, -0.2) is 8.42 Å². The van der Waals surface area contributed by atoms with Gasteiger partial charge in [0.2, 0.25) is 0 Å². The number of ketones is 1. The number of hydrogen-bond donors (Lipinski definition) is 2. The van der Waals surface area contributed by atoms with E-state index in [-0.39, 0.29) is 10.5 Å². The van der Waals surface area contributed by atoms with Gasteiger partial charge in [-0.1, -0.05) is 30.3 Å². The molecule has 2 N–H and O–H groups in total. The van der Waals surface area contributed by atoms with Crippen LogP contribution < -0.4 is 0 Å². The summed E-state index contributed by atoms with van der Waals surface area (Å²) in [5, 5.41) is 17.5. The number of sulfone groups is 1. The first-order valence-electron chi connectivity index (χ1n) is 5.82. The fourth-order valence-electron chi connectivity index (χ4n) is 2.35. The highest BCUT2D eigenvalue weighted by Gasteiger charge is 2.45. The molecule has 1 aliphatic heterocycles. The van der Waals surface area contributed by atoms with Crippen LogP contribution in [0.15, 0.2) is 47.4 Å². The molecule has 0 spiro atoms. The Hall–Kier alpha value is -2.34. The molecule has 0 bridgehead atoms. The third-order valence-electron chi connectivity index (χ3n) is 3.30. The summed E-state index contributed by atoms with van der Waals surface area (Å²) < 4.78 is 24.9. The van der Waals surface area contributed by atoms with Crippen LogP contribution in [0, 0.1) is 0 Å². The molecule has 1 aliphatic rings. The molecule has 0 unspecified atom stereocenters. The third-order valence-corrected chi connectivity index (χ3v) is 5.36. The van der Waals surface area contributed by atoms with Crippen molar-refractivity contribution < 1.29 is 23.4 Å². The zero-order valence-corrected chi connectivity index (χ0v) is 11.0. The molecule has 0 aliphatic carbocycles. The lowest BCUT2D eigenvalue weighted by molar-refractivity contribution is 0.0990. The smallest absolute Gasteiger partial charge is 0.193 e. The molecule has 3 rings (SSSR count). The summed E-state index contributed by atoms with van der Waals surface area (Å²) in [6.45, 7) is 0. The molecule has 1 heterocycles. The number of benzene rings is 2. The van der Waals surface area contributed by atoms with Gasteiger partial charge in [0.05, 0.1) is 4.90 Å². The van der Waals surface area contributed by atoms with Crippen molar-refractivity contribution >= 4 is 15.6 Å². The van der Waals surface area contributed by atoms with Crippen molar-refractivity contribution in [3.63, 3.8) is 0 Å². The van der Waals surface area contributed by atoms with Crippen LogP contribution in [0.4, 0.5) is 0 Å². The molecule has 0 saturated heterocycles. The Morgan fingerprint density at radius 1 is 0.950 bits per heavy atom. The molecule has 0 aromatic heterocycles. The number of rotatable bonds is 1.